The molecule has 164 valence electrons. The van der Waals surface area contributed by atoms with Gasteiger partial charge in [-0.1, -0.05) is 35.3 Å². The van der Waals surface area contributed by atoms with E-state index in [9.17, 15) is 22.8 Å². The van der Waals surface area contributed by atoms with Crippen LogP contribution in [0.5, 0.6) is 0 Å². The van der Waals surface area contributed by atoms with Crippen LogP contribution in [0.4, 0.5) is 18.9 Å². The summed E-state index contributed by atoms with van der Waals surface area (Å²) in [7, 11) is 0. The first-order valence-corrected chi connectivity index (χ1v) is 9.75. The first kappa shape index (κ1) is 21.8. The third-order valence-electron chi connectivity index (χ3n) is 4.51. The van der Waals surface area contributed by atoms with Crippen LogP contribution in [0.15, 0.2) is 59.8 Å². The number of anilines is 1. The number of alkyl halides is 3. The number of carbonyl (C=O) groups is 1. The summed E-state index contributed by atoms with van der Waals surface area (Å²) in [6, 6.07) is 9.20. The smallest absolute Gasteiger partial charge is 0.323 e. The summed E-state index contributed by atoms with van der Waals surface area (Å²) in [5, 5.41) is 7.01. The van der Waals surface area contributed by atoms with Gasteiger partial charge in [0.25, 0.3) is 5.56 Å². The van der Waals surface area contributed by atoms with E-state index < -0.39 is 23.2 Å². The number of rotatable bonds is 4. The van der Waals surface area contributed by atoms with Gasteiger partial charge in [-0.25, -0.2) is 9.67 Å². The first-order valence-electron chi connectivity index (χ1n) is 9.00. The average molecular weight is 482 g/mol. The molecular formula is C20H12Cl2F3N5O2. The van der Waals surface area contributed by atoms with Crippen molar-refractivity contribution in [3.8, 4) is 5.69 Å². The van der Waals surface area contributed by atoms with E-state index in [1.807, 2.05) is 0 Å². The summed E-state index contributed by atoms with van der Waals surface area (Å²) >= 11 is 12.0. The van der Waals surface area contributed by atoms with E-state index >= 15 is 0 Å². The van der Waals surface area contributed by atoms with E-state index in [0.29, 0.717) is 0 Å². The number of aromatic nitrogens is 4. The molecule has 0 aliphatic carbocycles. The van der Waals surface area contributed by atoms with Crippen molar-refractivity contribution in [1.29, 1.82) is 0 Å². The molecule has 0 fully saturated rings. The van der Waals surface area contributed by atoms with Crippen molar-refractivity contribution in [2.75, 3.05) is 5.32 Å². The monoisotopic (exact) mass is 481 g/mol. The predicted octanol–water partition coefficient (Wildman–Crippen LogP) is 4.55. The lowest BCUT2D eigenvalue weighted by atomic mass is 10.2. The van der Waals surface area contributed by atoms with Crippen LogP contribution in [0.25, 0.3) is 16.7 Å². The van der Waals surface area contributed by atoms with Crippen molar-refractivity contribution < 1.29 is 18.0 Å². The first-order chi connectivity index (χ1) is 15.1. The molecule has 0 aliphatic rings. The molecule has 12 heteroatoms. The Hall–Kier alpha value is -3.37. The van der Waals surface area contributed by atoms with Gasteiger partial charge in [-0.2, -0.15) is 18.3 Å². The minimum absolute atomic E-state index is 0.0403. The van der Waals surface area contributed by atoms with E-state index in [0.717, 1.165) is 27.7 Å². The number of hydrogen-bond donors (Lipinski definition) is 1. The molecular weight excluding hydrogens is 470 g/mol. The molecule has 1 amide bonds. The number of fused-ring (bicyclic) bond motifs is 1. The molecule has 7 nitrogen and oxygen atoms in total. The zero-order valence-electron chi connectivity index (χ0n) is 15.9. The van der Waals surface area contributed by atoms with Crippen LogP contribution in [0.2, 0.25) is 10.0 Å². The van der Waals surface area contributed by atoms with Crippen LogP contribution < -0.4 is 10.9 Å². The molecule has 0 saturated heterocycles. The van der Waals surface area contributed by atoms with Crippen LogP contribution in [0, 0.1) is 0 Å². The maximum Gasteiger partial charge on any atom is 0.416 e. The highest BCUT2D eigenvalue weighted by Crippen LogP contribution is 2.31. The molecule has 0 radical (unpaired) electrons. The molecule has 2 heterocycles. The Labute approximate surface area is 188 Å². The van der Waals surface area contributed by atoms with Crippen molar-refractivity contribution in [3.63, 3.8) is 0 Å². The maximum atomic E-state index is 13.0. The van der Waals surface area contributed by atoms with Gasteiger partial charge < -0.3 is 5.32 Å². The van der Waals surface area contributed by atoms with Crippen LogP contribution in [0.3, 0.4) is 0 Å². The van der Waals surface area contributed by atoms with Gasteiger partial charge in [0.05, 0.1) is 33.2 Å². The molecule has 0 aliphatic heterocycles. The van der Waals surface area contributed by atoms with Crippen LogP contribution >= 0.6 is 23.2 Å². The standard InChI is InChI=1S/C20H12Cl2F3N5O2/c21-14-5-2-6-15(17(14)22)28-16(31)9-29-10-26-18-13(19(29)32)8-27-30(18)12-4-1-3-11(7-12)20(23,24)25/h1-8,10H,9H2,(H,28,31). The molecule has 2 aromatic heterocycles. The second-order valence-electron chi connectivity index (χ2n) is 6.67. The molecule has 0 unspecified atom stereocenters. The molecule has 0 saturated carbocycles. The number of nitrogens with one attached hydrogen (secondary N) is 1. The SMILES string of the molecule is O=C(Cn1cnc2c(cnn2-c2cccc(C(F)(F)F)c2)c1=O)Nc1cccc(Cl)c1Cl. The van der Waals surface area contributed by atoms with E-state index in [1.165, 1.54) is 18.3 Å². The normalized spacial score (nSPS) is 11.7. The topological polar surface area (TPSA) is 81.8 Å². The minimum atomic E-state index is -4.53. The lowest BCUT2D eigenvalue weighted by molar-refractivity contribution is -0.137. The Balaban J connectivity index is 1.63. The van der Waals surface area contributed by atoms with Gasteiger partial charge >= 0.3 is 6.18 Å². The summed E-state index contributed by atoms with van der Waals surface area (Å²) in [6.45, 7) is -0.376. The van der Waals surface area contributed by atoms with Crippen molar-refractivity contribution in [3.05, 3.63) is 81.0 Å². The molecule has 1 N–H and O–H groups in total. The summed E-state index contributed by atoms with van der Waals surface area (Å²) in [4.78, 5) is 29.3. The van der Waals surface area contributed by atoms with Crippen LogP contribution in [0.1, 0.15) is 5.56 Å². The Morgan fingerprint density at radius 2 is 1.88 bits per heavy atom. The number of nitrogens with zero attached hydrogens (tertiary/aromatic N) is 4. The number of amides is 1. The van der Waals surface area contributed by atoms with Crippen molar-refractivity contribution in [2.24, 2.45) is 0 Å². The lowest BCUT2D eigenvalue weighted by Crippen LogP contribution is -2.28. The Kier molecular flexibility index (Phi) is 5.66. The molecule has 4 aromatic rings. The van der Waals surface area contributed by atoms with Gasteiger partial charge in [-0.05, 0) is 30.3 Å². The van der Waals surface area contributed by atoms with Gasteiger partial charge in [-0.3, -0.25) is 14.2 Å². The third-order valence-corrected chi connectivity index (χ3v) is 5.33. The molecule has 0 bridgehead atoms. The fourth-order valence-corrected chi connectivity index (χ4v) is 3.36. The number of benzene rings is 2. The second kappa shape index (κ2) is 8.29. The van der Waals surface area contributed by atoms with Crippen molar-refractivity contribution in [1.82, 2.24) is 19.3 Å². The molecule has 2 aromatic carbocycles. The van der Waals surface area contributed by atoms with Gasteiger partial charge in [0, 0.05) is 0 Å². The fraction of sp³-hybridized carbons (Fsp3) is 0.100. The Morgan fingerprint density at radius 3 is 2.62 bits per heavy atom. The second-order valence-corrected chi connectivity index (χ2v) is 7.45. The van der Waals surface area contributed by atoms with Crippen molar-refractivity contribution >= 4 is 45.8 Å². The van der Waals surface area contributed by atoms with Crippen molar-refractivity contribution in [2.45, 2.75) is 12.7 Å². The molecule has 32 heavy (non-hydrogen) atoms. The summed E-state index contributed by atoms with van der Waals surface area (Å²) < 4.78 is 41.2. The van der Waals surface area contributed by atoms with Crippen LogP contribution in [-0.2, 0) is 17.5 Å². The summed E-state index contributed by atoms with van der Waals surface area (Å²) in [5.41, 5.74) is -1.01. The highest BCUT2D eigenvalue weighted by atomic mass is 35.5. The lowest BCUT2D eigenvalue weighted by Gasteiger charge is -2.10. The zero-order chi connectivity index (χ0) is 23.0. The van der Waals surface area contributed by atoms with E-state index in [1.54, 1.807) is 18.2 Å². The van der Waals surface area contributed by atoms with E-state index in [4.69, 9.17) is 23.2 Å². The van der Waals surface area contributed by atoms with Crippen LogP contribution in [-0.4, -0.2) is 25.2 Å². The molecule has 0 atom stereocenters. The number of hydrogen-bond acceptors (Lipinski definition) is 4. The van der Waals surface area contributed by atoms with E-state index in [-0.39, 0.29) is 39.0 Å². The summed E-state index contributed by atoms with van der Waals surface area (Å²) in [6.07, 6.45) is -2.22. The van der Waals surface area contributed by atoms with Gasteiger partial charge in [0.15, 0.2) is 5.65 Å². The quantitative estimate of drug-likeness (QED) is 0.463. The molecule has 0 spiro atoms. The van der Waals surface area contributed by atoms with Gasteiger partial charge in [0.2, 0.25) is 5.91 Å². The number of carbonyl (C=O) groups excluding carboxylic acids is 1. The number of halogens is 5. The Morgan fingerprint density at radius 1 is 1.12 bits per heavy atom. The maximum absolute atomic E-state index is 13.0. The van der Waals surface area contributed by atoms with Gasteiger partial charge in [-0.15, -0.1) is 0 Å². The fourth-order valence-electron chi connectivity index (χ4n) is 3.01. The highest BCUT2D eigenvalue weighted by Gasteiger charge is 2.30. The zero-order valence-corrected chi connectivity index (χ0v) is 17.4. The van der Waals surface area contributed by atoms with E-state index in [2.05, 4.69) is 15.4 Å². The average Bonchev–Trinajstić information content (AvgIpc) is 3.18. The predicted molar refractivity (Wildman–Crippen MR) is 113 cm³/mol. The molecule has 4 rings (SSSR count). The Bertz CT molecular complexity index is 1400. The minimum Gasteiger partial charge on any atom is -0.323 e. The van der Waals surface area contributed by atoms with Gasteiger partial charge in [0.1, 0.15) is 18.3 Å². The third kappa shape index (κ3) is 4.19. The largest absolute Gasteiger partial charge is 0.416 e. The highest BCUT2D eigenvalue weighted by molar-refractivity contribution is 6.43. The summed E-state index contributed by atoms with van der Waals surface area (Å²) in [5.74, 6) is -0.553.